The minimum atomic E-state index is 0.353. The van der Waals surface area contributed by atoms with E-state index in [4.69, 9.17) is 0 Å². The highest BCUT2D eigenvalue weighted by atomic mass is 127. The minimum absolute atomic E-state index is 0.353. The molecule has 2 rings (SSSR count). The highest BCUT2D eigenvalue weighted by molar-refractivity contribution is 14.1. The number of fused-ring (bicyclic) bond motifs is 1. The molecular formula is C9H12IN. The highest BCUT2D eigenvalue weighted by Gasteiger charge is 2.44. The smallest absolute Gasteiger partial charge is 0.0811 e. The summed E-state index contributed by atoms with van der Waals surface area (Å²) in [6.45, 7) is 10.2. The fraction of sp³-hybridized carbons (Fsp3) is 0.556. The quantitative estimate of drug-likeness (QED) is 0.280. The zero-order valence-corrected chi connectivity index (χ0v) is 8.73. The molecule has 0 bridgehead atoms. The van der Waals surface area contributed by atoms with Crippen LogP contribution >= 0.6 is 22.6 Å². The van der Waals surface area contributed by atoms with Crippen LogP contribution in [0.4, 0.5) is 0 Å². The van der Waals surface area contributed by atoms with E-state index in [1.807, 2.05) is 0 Å². The van der Waals surface area contributed by atoms with Crippen LogP contribution in [0, 0.1) is 0 Å². The van der Waals surface area contributed by atoms with E-state index in [2.05, 4.69) is 40.6 Å². The van der Waals surface area contributed by atoms with Crippen LogP contribution in [0.2, 0.25) is 0 Å². The van der Waals surface area contributed by atoms with Crippen molar-refractivity contribution in [2.45, 2.75) is 16.4 Å². The van der Waals surface area contributed by atoms with Crippen molar-refractivity contribution in [2.24, 2.45) is 0 Å². The van der Waals surface area contributed by atoms with E-state index in [1.54, 1.807) is 0 Å². The molecule has 60 valence electrons. The summed E-state index contributed by atoms with van der Waals surface area (Å²) in [4.78, 5) is 2.48. The van der Waals surface area contributed by atoms with E-state index in [9.17, 15) is 0 Å². The topological polar surface area (TPSA) is 3.24 Å². The Bertz CT molecular complexity index is 212. The van der Waals surface area contributed by atoms with Gasteiger partial charge in [-0.1, -0.05) is 46.9 Å². The molecule has 0 N–H and O–H groups in total. The third-order valence-electron chi connectivity index (χ3n) is 2.44. The van der Waals surface area contributed by atoms with Crippen molar-refractivity contribution in [3.63, 3.8) is 0 Å². The first-order valence-corrected chi connectivity index (χ1v) is 4.95. The standard InChI is InChI=1S/C9H12IN/c1-7-3-9(10)4-8(2)6-11(9)5-7/h1-6H2. The Morgan fingerprint density at radius 1 is 1.18 bits per heavy atom. The molecule has 0 aliphatic carbocycles. The SMILES string of the molecule is C=C1CN2CC(=C)CC2(I)C1. The van der Waals surface area contributed by atoms with Crippen molar-refractivity contribution in [1.82, 2.24) is 4.90 Å². The molecule has 2 fully saturated rings. The second-order valence-electron chi connectivity index (χ2n) is 3.63. The molecule has 0 amide bonds. The van der Waals surface area contributed by atoms with Gasteiger partial charge in [-0.3, -0.25) is 4.90 Å². The number of alkyl halides is 1. The van der Waals surface area contributed by atoms with Gasteiger partial charge in [0.25, 0.3) is 0 Å². The third-order valence-corrected chi connectivity index (χ3v) is 3.88. The second-order valence-corrected chi connectivity index (χ2v) is 5.64. The summed E-state index contributed by atoms with van der Waals surface area (Å²) >= 11 is 2.55. The fourth-order valence-corrected chi connectivity index (χ4v) is 3.46. The maximum Gasteiger partial charge on any atom is 0.0811 e. The number of rotatable bonds is 0. The van der Waals surface area contributed by atoms with E-state index in [0.29, 0.717) is 3.55 Å². The molecule has 2 aliphatic heterocycles. The van der Waals surface area contributed by atoms with Crippen molar-refractivity contribution in [3.8, 4) is 0 Å². The van der Waals surface area contributed by atoms with Crippen LogP contribution in [-0.4, -0.2) is 21.5 Å². The van der Waals surface area contributed by atoms with Gasteiger partial charge in [0.15, 0.2) is 0 Å². The zero-order valence-electron chi connectivity index (χ0n) is 6.57. The molecule has 11 heavy (non-hydrogen) atoms. The number of hydrogen-bond donors (Lipinski definition) is 0. The predicted molar refractivity (Wildman–Crippen MR) is 55.8 cm³/mol. The Balaban J connectivity index is 2.25. The van der Waals surface area contributed by atoms with E-state index in [-0.39, 0.29) is 0 Å². The lowest BCUT2D eigenvalue weighted by Gasteiger charge is -2.23. The van der Waals surface area contributed by atoms with Crippen molar-refractivity contribution in [2.75, 3.05) is 13.1 Å². The summed E-state index contributed by atoms with van der Waals surface area (Å²) in [5.41, 5.74) is 2.76. The van der Waals surface area contributed by atoms with Crippen LogP contribution < -0.4 is 0 Å². The Morgan fingerprint density at radius 3 is 2.00 bits per heavy atom. The van der Waals surface area contributed by atoms with Crippen LogP contribution in [-0.2, 0) is 0 Å². The van der Waals surface area contributed by atoms with Crippen LogP contribution in [0.5, 0.6) is 0 Å². The van der Waals surface area contributed by atoms with Gasteiger partial charge in [0.2, 0.25) is 0 Å². The van der Waals surface area contributed by atoms with Crippen molar-refractivity contribution >= 4 is 22.6 Å². The molecule has 2 saturated heterocycles. The number of halogens is 1. The second kappa shape index (κ2) is 2.33. The Labute approximate surface area is 81.3 Å². The monoisotopic (exact) mass is 261 g/mol. The van der Waals surface area contributed by atoms with Gasteiger partial charge in [-0.2, -0.15) is 0 Å². The lowest BCUT2D eigenvalue weighted by atomic mass is 10.1. The highest BCUT2D eigenvalue weighted by Crippen LogP contribution is 2.46. The minimum Gasteiger partial charge on any atom is -0.281 e. The molecule has 1 nitrogen and oxygen atoms in total. The van der Waals surface area contributed by atoms with E-state index in [1.165, 1.54) is 11.1 Å². The summed E-state index contributed by atoms with van der Waals surface area (Å²) in [5.74, 6) is 0. The molecule has 2 aliphatic rings. The van der Waals surface area contributed by atoms with Crippen LogP contribution in [0.15, 0.2) is 24.3 Å². The van der Waals surface area contributed by atoms with Gasteiger partial charge in [0, 0.05) is 13.1 Å². The van der Waals surface area contributed by atoms with Crippen LogP contribution in [0.1, 0.15) is 12.8 Å². The van der Waals surface area contributed by atoms with Crippen molar-refractivity contribution in [3.05, 3.63) is 24.3 Å². The first-order valence-electron chi connectivity index (χ1n) is 3.87. The molecule has 0 spiro atoms. The summed E-state index contributed by atoms with van der Waals surface area (Å²) in [7, 11) is 0. The van der Waals surface area contributed by atoms with Gasteiger partial charge >= 0.3 is 0 Å². The van der Waals surface area contributed by atoms with Gasteiger partial charge in [-0.05, 0) is 12.8 Å². The summed E-state index contributed by atoms with van der Waals surface area (Å²) in [6, 6.07) is 0. The zero-order chi connectivity index (χ0) is 8.06. The maximum atomic E-state index is 4.03. The van der Waals surface area contributed by atoms with E-state index >= 15 is 0 Å². The molecule has 2 heterocycles. The lowest BCUT2D eigenvalue weighted by molar-refractivity contribution is 0.314. The largest absolute Gasteiger partial charge is 0.281 e. The Hall–Kier alpha value is 0.170. The van der Waals surface area contributed by atoms with Crippen molar-refractivity contribution < 1.29 is 0 Å². The first-order chi connectivity index (χ1) is 5.10. The van der Waals surface area contributed by atoms with E-state index < -0.39 is 0 Å². The average molecular weight is 261 g/mol. The summed E-state index contributed by atoms with van der Waals surface area (Å²) in [6.07, 6.45) is 2.32. The fourth-order valence-electron chi connectivity index (χ4n) is 2.04. The lowest BCUT2D eigenvalue weighted by Crippen LogP contribution is -2.30. The molecule has 2 heteroatoms. The van der Waals surface area contributed by atoms with Crippen molar-refractivity contribution in [1.29, 1.82) is 0 Å². The predicted octanol–water partition coefficient (Wildman–Crippen LogP) is 2.34. The molecule has 0 aromatic rings. The van der Waals surface area contributed by atoms with Gasteiger partial charge in [0.1, 0.15) is 0 Å². The summed E-state index contributed by atoms with van der Waals surface area (Å²) in [5, 5.41) is 0. The molecule has 0 aromatic carbocycles. The third kappa shape index (κ3) is 1.16. The van der Waals surface area contributed by atoms with Gasteiger partial charge in [-0.15, -0.1) is 0 Å². The van der Waals surface area contributed by atoms with Crippen LogP contribution in [0.25, 0.3) is 0 Å². The average Bonchev–Trinajstić information content (AvgIpc) is 2.16. The number of nitrogens with zero attached hydrogens (tertiary/aromatic N) is 1. The Kier molecular flexibility index (Phi) is 1.65. The Morgan fingerprint density at radius 2 is 1.64 bits per heavy atom. The molecule has 0 unspecified atom stereocenters. The van der Waals surface area contributed by atoms with E-state index in [0.717, 1.165) is 25.9 Å². The van der Waals surface area contributed by atoms with Gasteiger partial charge in [0.05, 0.1) is 3.55 Å². The molecule has 0 saturated carbocycles. The molecule has 0 atom stereocenters. The van der Waals surface area contributed by atoms with Crippen LogP contribution in [0.3, 0.4) is 0 Å². The molecule has 0 radical (unpaired) electrons. The maximum absolute atomic E-state index is 4.03. The van der Waals surface area contributed by atoms with Gasteiger partial charge in [-0.25, -0.2) is 0 Å². The molecule has 0 aromatic heterocycles. The normalized spacial score (nSPS) is 29.5. The summed E-state index contributed by atoms with van der Waals surface area (Å²) < 4.78 is 0.353. The van der Waals surface area contributed by atoms with Gasteiger partial charge < -0.3 is 0 Å². The first kappa shape index (κ1) is 7.80. The molecular weight excluding hydrogens is 249 g/mol. The number of hydrogen-bond acceptors (Lipinski definition) is 1.